The van der Waals surface area contributed by atoms with E-state index in [-0.39, 0.29) is 17.6 Å². The molecule has 0 aromatic carbocycles. The second-order valence-electron chi connectivity index (χ2n) is 5.34. The molecule has 0 radical (unpaired) electrons. The minimum Gasteiger partial charge on any atom is -0.357 e. The Bertz CT molecular complexity index is 716. The highest BCUT2D eigenvalue weighted by molar-refractivity contribution is 6.06. The monoisotopic (exact) mass is 274 g/mol. The summed E-state index contributed by atoms with van der Waals surface area (Å²) in [5, 5.41) is 3.70. The Labute approximate surface area is 116 Å². The molecule has 1 fully saturated rings. The standard InChI is InChI=1S/C14H18N4O2/c1-17-7-3-4-11(17)16-13(19)10-8-18(2)14(20)12-9(10)5-6-15-12/h5-6,8,11,15H,3-4,7H2,1-2H3,(H,16,19). The Balaban J connectivity index is 1.97. The Morgan fingerprint density at radius 1 is 1.45 bits per heavy atom. The number of fused-ring (bicyclic) bond motifs is 1. The number of H-pyrrole nitrogens is 1. The van der Waals surface area contributed by atoms with Gasteiger partial charge in [-0.2, -0.15) is 0 Å². The highest BCUT2D eigenvalue weighted by Crippen LogP contribution is 2.16. The second-order valence-corrected chi connectivity index (χ2v) is 5.34. The lowest BCUT2D eigenvalue weighted by atomic mass is 10.1. The molecule has 3 rings (SSSR count). The van der Waals surface area contributed by atoms with Crippen LogP contribution in [0, 0.1) is 0 Å². The number of carbonyl (C=O) groups is 1. The summed E-state index contributed by atoms with van der Waals surface area (Å²) in [5.41, 5.74) is 0.878. The van der Waals surface area contributed by atoms with E-state index < -0.39 is 0 Å². The van der Waals surface area contributed by atoms with Crippen LogP contribution in [-0.4, -0.2) is 40.1 Å². The molecule has 0 aliphatic carbocycles. The maximum atomic E-state index is 12.5. The smallest absolute Gasteiger partial charge is 0.274 e. The van der Waals surface area contributed by atoms with Gasteiger partial charge in [0.2, 0.25) is 0 Å². The number of nitrogens with zero attached hydrogens (tertiary/aromatic N) is 2. The van der Waals surface area contributed by atoms with Gasteiger partial charge >= 0.3 is 0 Å². The van der Waals surface area contributed by atoms with Gasteiger partial charge < -0.3 is 14.9 Å². The lowest BCUT2D eigenvalue weighted by Gasteiger charge is -2.21. The number of aromatic amines is 1. The predicted octanol–water partition coefficient (Wildman–Crippen LogP) is 0.648. The van der Waals surface area contributed by atoms with Crippen LogP contribution in [0.5, 0.6) is 0 Å². The number of hydrogen-bond acceptors (Lipinski definition) is 3. The molecule has 6 heteroatoms. The number of hydrogen-bond donors (Lipinski definition) is 2. The van der Waals surface area contributed by atoms with Crippen molar-refractivity contribution in [3.8, 4) is 0 Å². The normalized spacial score (nSPS) is 19.6. The van der Waals surface area contributed by atoms with Crippen LogP contribution in [0.25, 0.3) is 10.9 Å². The quantitative estimate of drug-likeness (QED) is 0.844. The fourth-order valence-electron chi connectivity index (χ4n) is 2.77. The fraction of sp³-hybridized carbons (Fsp3) is 0.429. The Morgan fingerprint density at radius 3 is 2.95 bits per heavy atom. The minimum absolute atomic E-state index is 0.0775. The van der Waals surface area contributed by atoms with E-state index in [1.807, 2.05) is 7.05 Å². The average Bonchev–Trinajstić information content (AvgIpc) is 3.04. The third-order valence-corrected chi connectivity index (χ3v) is 3.96. The van der Waals surface area contributed by atoms with Gasteiger partial charge in [-0.25, -0.2) is 0 Å². The Morgan fingerprint density at radius 2 is 2.25 bits per heavy atom. The summed E-state index contributed by atoms with van der Waals surface area (Å²) in [5.74, 6) is -0.135. The average molecular weight is 274 g/mol. The molecule has 0 saturated carbocycles. The van der Waals surface area contributed by atoms with Gasteiger partial charge in [-0.3, -0.25) is 14.5 Å². The summed E-state index contributed by atoms with van der Waals surface area (Å²) in [6.45, 7) is 0.998. The van der Waals surface area contributed by atoms with Crippen molar-refractivity contribution in [2.75, 3.05) is 13.6 Å². The summed E-state index contributed by atoms with van der Waals surface area (Å²) >= 11 is 0. The van der Waals surface area contributed by atoms with Gasteiger partial charge in [-0.15, -0.1) is 0 Å². The predicted molar refractivity (Wildman–Crippen MR) is 76.7 cm³/mol. The molecule has 2 aromatic rings. The van der Waals surface area contributed by atoms with Crippen LogP contribution in [0.15, 0.2) is 23.3 Å². The maximum Gasteiger partial charge on any atom is 0.274 e. The lowest BCUT2D eigenvalue weighted by Crippen LogP contribution is -2.42. The van der Waals surface area contributed by atoms with Crippen LogP contribution in [0.2, 0.25) is 0 Å². The first-order valence-corrected chi connectivity index (χ1v) is 6.76. The van der Waals surface area contributed by atoms with Gasteiger partial charge in [-0.1, -0.05) is 0 Å². The number of rotatable bonds is 2. The number of nitrogens with one attached hydrogen (secondary N) is 2. The zero-order valence-corrected chi connectivity index (χ0v) is 11.6. The fourth-order valence-corrected chi connectivity index (χ4v) is 2.77. The van der Waals surface area contributed by atoms with Crippen molar-refractivity contribution in [1.82, 2.24) is 19.8 Å². The second kappa shape index (κ2) is 4.79. The molecule has 1 aliphatic heterocycles. The highest BCUT2D eigenvalue weighted by Gasteiger charge is 2.24. The molecule has 1 unspecified atom stereocenters. The van der Waals surface area contributed by atoms with Crippen LogP contribution in [0.4, 0.5) is 0 Å². The van der Waals surface area contributed by atoms with Crippen molar-refractivity contribution in [1.29, 1.82) is 0 Å². The zero-order chi connectivity index (χ0) is 14.3. The van der Waals surface area contributed by atoms with Crippen LogP contribution in [-0.2, 0) is 7.05 Å². The molecule has 20 heavy (non-hydrogen) atoms. The number of likely N-dealkylation sites (tertiary alicyclic amines) is 1. The number of aromatic nitrogens is 2. The summed E-state index contributed by atoms with van der Waals surface area (Å²) in [7, 11) is 3.66. The molecule has 3 heterocycles. The van der Waals surface area contributed by atoms with Gasteiger partial charge in [0.25, 0.3) is 11.5 Å². The summed E-state index contributed by atoms with van der Waals surface area (Å²) in [6.07, 6.45) is 5.42. The molecule has 1 atom stereocenters. The SMILES string of the molecule is CN1CCCC1NC(=O)c1cn(C)c(=O)c2[nH]ccc12. The van der Waals surface area contributed by atoms with E-state index >= 15 is 0 Å². The number of amides is 1. The molecule has 2 aromatic heterocycles. The molecule has 106 valence electrons. The molecule has 1 aliphatic rings. The number of aryl methyl sites for hydroxylation is 1. The van der Waals surface area contributed by atoms with Crippen LogP contribution < -0.4 is 10.9 Å². The van der Waals surface area contributed by atoms with Crippen molar-refractivity contribution in [3.05, 3.63) is 34.4 Å². The van der Waals surface area contributed by atoms with E-state index in [9.17, 15) is 9.59 Å². The summed E-state index contributed by atoms with van der Waals surface area (Å²) < 4.78 is 1.44. The minimum atomic E-state index is -0.135. The van der Waals surface area contributed by atoms with Gasteiger partial charge in [0.15, 0.2) is 0 Å². The summed E-state index contributed by atoms with van der Waals surface area (Å²) in [6, 6.07) is 1.77. The maximum absolute atomic E-state index is 12.5. The highest BCUT2D eigenvalue weighted by atomic mass is 16.2. The molecule has 1 amide bonds. The molecule has 2 N–H and O–H groups in total. The molecular formula is C14H18N4O2. The van der Waals surface area contributed by atoms with Gasteiger partial charge in [0.1, 0.15) is 5.52 Å². The van der Waals surface area contributed by atoms with Crippen molar-refractivity contribution in [2.24, 2.45) is 7.05 Å². The van der Waals surface area contributed by atoms with E-state index in [2.05, 4.69) is 15.2 Å². The van der Waals surface area contributed by atoms with E-state index in [0.29, 0.717) is 16.5 Å². The van der Waals surface area contributed by atoms with Gasteiger partial charge in [0.05, 0.1) is 11.7 Å². The topological polar surface area (TPSA) is 70.1 Å². The van der Waals surface area contributed by atoms with E-state index in [4.69, 9.17) is 0 Å². The lowest BCUT2D eigenvalue weighted by molar-refractivity contribution is 0.0901. The molecule has 0 bridgehead atoms. The number of pyridine rings is 1. The van der Waals surface area contributed by atoms with Crippen LogP contribution in [0.1, 0.15) is 23.2 Å². The Kier molecular flexibility index (Phi) is 3.10. The first-order valence-electron chi connectivity index (χ1n) is 6.76. The van der Waals surface area contributed by atoms with Crippen LogP contribution in [0.3, 0.4) is 0 Å². The summed E-state index contributed by atoms with van der Waals surface area (Å²) in [4.78, 5) is 29.4. The first kappa shape index (κ1) is 12.9. The van der Waals surface area contributed by atoms with Crippen molar-refractivity contribution in [2.45, 2.75) is 19.0 Å². The molecular weight excluding hydrogens is 256 g/mol. The van der Waals surface area contributed by atoms with E-state index in [1.165, 1.54) is 4.57 Å². The third kappa shape index (κ3) is 2.02. The molecule has 0 spiro atoms. The van der Waals surface area contributed by atoms with E-state index in [0.717, 1.165) is 19.4 Å². The van der Waals surface area contributed by atoms with E-state index in [1.54, 1.807) is 25.5 Å². The third-order valence-electron chi connectivity index (χ3n) is 3.96. The van der Waals surface area contributed by atoms with Crippen molar-refractivity contribution >= 4 is 16.8 Å². The zero-order valence-electron chi connectivity index (χ0n) is 11.6. The van der Waals surface area contributed by atoms with Crippen molar-refractivity contribution in [3.63, 3.8) is 0 Å². The van der Waals surface area contributed by atoms with Crippen molar-refractivity contribution < 1.29 is 4.79 Å². The van der Waals surface area contributed by atoms with Gasteiger partial charge in [-0.05, 0) is 32.5 Å². The molecule has 1 saturated heterocycles. The molecule has 6 nitrogen and oxygen atoms in total. The number of carbonyl (C=O) groups excluding carboxylic acids is 1. The van der Waals surface area contributed by atoms with Crippen LogP contribution >= 0.6 is 0 Å². The first-order chi connectivity index (χ1) is 9.58. The largest absolute Gasteiger partial charge is 0.357 e. The Hall–Kier alpha value is -2.08. The van der Waals surface area contributed by atoms with Gasteiger partial charge in [0, 0.05) is 24.8 Å².